The number of benzene rings is 2. The lowest BCUT2D eigenvalue weighted by atomic mass is 9.96. The number of fused-ring (bicyclic) bond motifs is 1. The Morgan fingerprint density at radius 1 is 1.07 bits per heavy atom. The Morgan fingerprint density at radius 3 is 2.40 bits per heavy atom. The van der Waals surface area contributed by atoms with Gasteiger partial charge in [-0.3, -0.25) is 14.5 Å². The smallest absolute Gasteiger partial charge is 0.309 e. The number of carbonyl (C=O) groups excluding carboxylic acids is 2. The zero-order valence-corrected chi connectivity index (χ0v) is 17.7. The second-order valence-electron chi connectivity index (χ2n) is 7.70. The van der Waals surface area contributed by atoms with Crippen molar-refractivity contribution in [3.63, 3.8) is 0 Å². The fraction of sp³-hybridized carbons (Fsp3) is 0.333. The zero-order valence-electron chi connectivity index (χ0n) is 17.7. The van der Waals surface area contributed by atoms with Gasteiger partial charge in [0.1, 0.15) is 0 Å². The minimum absolute atomic E-state index is 0.0225. The van der Waals surface area contributed by atoms with Gasteiger partial charge in [-0.15, -0.1) is 6.58 Å². The maximum absolute atomic E-state index is 12.2. The van der Waals surface area contributed by atoms with Crippen molar-refractivity contribution < 1.29 is 9.59 Å². The van der Waals surface area contributed by atoms with Crippen LogP contribution in [0.15, 0.2) is 61.2 Å². The lowest BCUT2D eigenvalue weighted by molar-refractivity contribution is -0.139. The Bertz CT molecular complexity index is 892. The molecule has 1 heterocycles. The average Bonchev–Trinajstić information content (AvgIpc) is 2.77. The number of amides is 2. The van der Waals surface area contributed by atoms with Crippen molar-refractivity contribution in [1.29, 1.82) is 0 Å². The SMILES string of the molecule is C=CCNC(=O)C(=O)NCC(c1ccc(N(C)C)cc1)N1CCc2ccccc2C1. The molecule has 3 rings (SSSR count). The van der Waals surface area contributed by atoms with Crippen molar-refractivity contribution in [2.45, 2.75) is 19.0 Å². The van der Waals surface area contributed by atoms with E-state index in [1.54, 1.807) is 6.08 Å². The normalized spacial score (nSPS) is 14.3. The topological polar surface area (TPSA) is 64.7 Å². The van der Waals surface area contributed by atoms with E-state index in [4.69, 9.17) is 0 Å². The molecule has 1 aliphatic heterocycles. The van der Waals surface area contributed by atoms with Gasteiger partial charge in [0.15, 0.2) is 0 Å². The molecule has 0 saturated heterocycles. The second-order valence-corrected chi connectivity index (χ2v) is 7.70. The summed E-state index contributed by atoms with van der Waals surface area (Å²) in [6, 6.07) is 16.8. The Kier molecular flexibility index (Phi) is 7.25. The standard InChI is InChI=1S/C24H30N4O2/c1-4-14-25-23(29)24(30)26-16-22(19-9-11-21(12-10-19)27(2)3)28-15-13-18-7-5-6-8-20(18)17-28/h4-12,22H,1,13-17H2,2-3H3,(H,25,29)(H,26,30). The van der Waals surface area contributed by atoms with Crippen molar-refractivity contribution in [3.8, 4) is 0 Å². The first kappa shape index (κ1) is 21.6. The summed E-state index contributed by atoms with van der Waals surface area (Å²) >= 11 is 0. The molecule has 0 bridgehead atoms. The van der Waals surface area contributed by atoms with Crippen molar-refractivity contribution >= 4 is 17.5 Å². The van der Waals surface area contributed by atoms with Crippen LogP contribution >= 0.6 is 0 Å². The molecule has 2 N–H and O–H groups in total. The highest BCUT2D eigenvalue weighted by Gasteiger charge is 2.26. The lowest BCUT2D eigenvalue weighted by Crippen LogP contribution is -2.45. The number of nitrogens with zero attached hydrogens (tertiary/aromatic N) is 2. The van der Waals surface area contributed by atoms with E-state index in [1.807, 2.05) is 14.1 Å². The van der Waals surface area contributed by atoms with Gasteiger partial charge >= 0.3 is 11.8 Å². The van der Waals surface area contributed by atoms with Crippen molar-refractivity contribution in [1.82, 2.24) is 15.5 Å². The Labute approximate surface area is 178 Å². The molecule has 0 saturated carbocycles. The van der Waals surface area contributed by atoms with E-state index in [2.05, 4.69) is 75.5 Å². The molecular formula is C24H30N4O2. The summed E-state index contributed by atoms with van der Waals surface area (Å²) in [4.78, 5) is 28.6. The summed E-state index contributed by atoms with van der Waals surface area (Å²) < 4.78 is 0. The highest BCUT2D eigenvalue weighted by molar-refractivity contribution is 6.35. The van der Waals surface area contributed by atoms with Crippen LogP contribution in [0.4, 0.5) is 5.69 Å². The van der Waals surface area contributed by atoms with Gasteiger partial charge in [-0.1, -0.05) is 42.5 Å². The number of anilines is 1. The molecule has 2 amide bonds. The molecule has 0 radical (unpaired) electrons. The highest BCUT2D eigenvalue weighted by atomic mass is 16.2. The van der Waals surface area contributed by atoms with E-state index in [9.17, 15) is 9.59 Å². The first-order chi connectivity index (χ1) is 14.5. The molecule has 1 unspecified atom stereocenters. The molecule has 2 aromatic rings. The number of hydrogen-bond donors (Lipinski definition) is 2. The number of nitrogens with one attached hydrogen (secondary N) is 2. The number of rotatable bonds is 7. The molecule has 158 valence electrons. The van der Waals surface area contributed by atoms with Crippen LogP contribution in [0.1, 0.15) is 22.7 Å². The minimum atomic E-state index is -0.638. The predicted molar refractivity (Wildman–Crippen MR) is 120 cm³/mol. The fourth-order valence-electron chi connectivity index (χ4n) is 3.75. The summed E-state index contributed by atoms with van der Waals surface area (Å²) in [5.41, 5.74) is 4.93. The lowest BCUT2D eigenvalue weighted by Gasteiger charge is -2.36. The van der Waals surface area contributed by atoms with Crippen LogP contribution in [-0.2, 0) is 22.6 Å². The third-order valence-corrected chi connectivity index (χ3v) is 5.46. The van der Waals surface area contributed by atoms with Gasteiger partial charge in [0.05, 0.1) is 6.04 Å². The predicted octanol–water partition coefficient (Wildman–Crippen LogP) is 2.27. The maximum atomic E-state index is 12.2. The van der Waals surface area contributed by atoms with E-state index in [-0.39, 0.29) is 12.6 Å². The van der Waals surface area contributed by atoms with Gasteiger partial charge in [0, 0.05) is 46.0 Å². The number of carbonyl (C=O) groups is 2. The third-order valence-electron chi connectivity index (χ3n) is 5.46. The molecule has 1 atom stereocenters. The van der Waals surface area contributed by atoms with Gasteiger partial charge in [-0.05, 0) is 35.2 Å². The summed E-state index contributed by atoms with van der Waals surface area (Å²) in [5.74, 6) is -1.26. The maximum Gasteiger partial charge on any atom is 0.309 e. The summed E-state index contributed by atoms with van der Waals surface area (Å²) in [7, 11) is 4.02. The molecule has 0 aliphatic carbocycles. The van der Waals surface area contributed by atoms with Crippen molar-refractivity contribution in [3.05, 3.63) is 77.9 Å². The highest BCUT2D eigenvalue weighted by Crippen LogP contribution is 2.28. The molecule has 0 aromatic heterocycles. The van der Waals surface area contributed by atoms with Crippen LogP contribution in [0.2, 0.25) is 0 Å². The van der Waals surface area contributed by atoms with Crippen LogP contribution in [0.3, 0.4) is 0 Å². The monoisotopic (exact) mass is 406 g/mol. The summed E-state index contributed by atoms with van der Waals surface area (Å²) in [6.07, 6.45) is 2.52. The van der Waals surface area contributed by atoms with Crippen LogP contribution in [0.25, 0.3) is 0 Å². The van der Waals surface area contributed by atoms with Crippen LogP contribution in [0.5, 0.6) is 0 Å². The Hall–Kier alpha value is -3.12. The van der Waals surface area contributed by atoms with Gasteiger partial charge < -0.3 is 15.5 Å². The zero-order chi connectivity index (χ0) is 21.5. The first-order valence-electron chi connectivity index (χ1n) is 10.2. The van der Waals surface area contributed by atoms with Gasteiger partial charge in [-0.25, -0.2) is 0 Å². The molecule has 1 aliphatic rings. The first-order valence-corrected chi connectivity index (χ1v) is 10.2. The molecule has 0 fully saturated rings. The van der Waals surface area contributed by atoms with Gasteiger partial charge in [0.25, 0.3) is 0 Å². The minimum Gasteiger partial charge on any atom is -0.378 e. The van der Waals surface area contributed by atoms with Crippen LogP contribution < -0.4 is 15.5 Å². The molecular weight excluding hydrogens is 376 g/mol. The van der Waals surface area contributed by atoms with E-state index < -0.39 is 11.8 Å². The molecule has 0 spiro atoms. The van der Waals surface area contributed by atoms with Crippen LogP contribution in [0, 0.1) is 0 Å². The van der Waals surface area contributed by atoms with Gasteiger partial charge in [0.2, 0.25) is 0 Å². The fourth-order valence-corrected chi connectivity index (χ4v) is 3.75. The summed E-state index contributed by atoms with van der Waals surface area (Å²) in [6.45, 7) is 5.89. The van der Waals surface area contributed by atoms with Crippen LogP contribution in [-0.4, -0.2) is 50.4 Å². The molecule has 30 heavy (non-hydrogen) atoms. The van der Waals surface area contributed by atoms with Crippen molar-refractivity contribution in [2.75, 3.05) is 38.6 Å². The third kappa shape index (κ3) is 5.27. The summed E-state index contributed by atoms with van der Waals surface area (Å²) in [5, 5.41) is 5.33. The van der Waals surface area contributed by atoms with E-state index in [0.29, 0.717) is 6.54 Å². The van der Waals surface area contributed by atoms with Crippen molar-refractivity contribution in [2.24, 2.45) is 0 Å². The quantitative estimate of drug-likeness (QED) is 0.547. The van der Waals surface area contributed by atoms with Gasteiger partial charge in [-0.2, -0.15) is 0 Å². The second kappa shape index (κ2) is 10.1. The molecule has 2 aromatic carbocycles. The molecule has 6 heteroatoms. The van der Waals surface area contributed by atoms with E-state index in [0.717, 1.165) is 30.8 Å². The van der Waals surface area contributed by atoms with E-state index in [1.165, 1.54) is 11.1 Å². The average molecular weight is 407 g/mol. The largest absolute Gasteiger partial charge is 0.378 e. The molecule has 6 nitrogen and oxygen atoms in total. The van der Waals surface area contributed by atoms with E-state index >= 15 is 0 Å². The Morgan fingerprint density at radius 2 is 1.73 bits per heavy atom. The number of hydrogen-bond acceptors (Lipinski definition) is 4. The Balaban J connectivity index is 1.77.